The molecule has 3 heteroatoms. The number of hydrogen-bond acceptors (Lipinski definition) is 3. The van der Waals surface area contributed by atoms with Crippen LogP contribution in [0.5, 0.6) is 0 Å². The molecule has 0 aliphatic carbocycles. The summed E-state index contributed by atoms with van der Waals surface area (Å²) in [4.78, 5) is 4.75. The van der Waals surface area contributed by atoms with Gasteiger partial charge in [0.25, 0.3) is 0 Å². The topological polar surface area (TPSA) is 26.7 Å². The molecule has 0 saturated carbocycles. The van der Waals surface area contributed by atoms with Crippen molar-refractivity contribution >= 4 is 11.4 Å². The van der Waals surface area contributed by atoms with Crippen LogP contribution in [0.4, 0.5) is 11.4 Å². The van der Waals surface area contributed by atoms with Gasteiger partial charge in [-0.15, -0.1) is 0 Å². The first-order valence-electron chi connectivity index (χ1n) is 7.32. The fourth-order valence-electron chi connectivity index (χ4n) is 2.88. The Balaban J connectivity index is 2.25. The van der Waals surface area contributed by atoms with E-state index in [0.29, 0.717) is 0 Å². The van der Waals surface area contributed by atoms with Crippen molar-refractivity contribution < 1.29 is 5.11 Å². The minimum atomic E-state index is 0.0308. The maximum atomic E-state index is 9.77. The Hall–Kier alpha value is -1.22. The molecule has 106 valence electrons. The van der Waals surface area contributed by atoms with E-state index < -0.39 is 0 Å². The normalized spacial score (nSPS) is 15.6. The lowest BCUT2D eigenvalue weighted by atomic mass is 9.82. The number of rotatable bonds is 5. The molecule has 0 spiro atoms. The van der Waals surface area contributed by atoms with Crippen LogP contribution < -0.4 is 9.80 Å². The highest BCUT2D eigenvalue weighted by atomic mass is 16.3. The highest BCUT2D eigenvalue weighted by Crippen LogP contribution is 2.35. The summed E-state index contributed by atoms with van der Waals surface area (Å²) in [6, 6.07) is 8.57. The number of para-hydroxylation sites is 2. The highest BCUT2D eigenvalue weighted by Gasteiger charge is 2.30. The van der Waals surface area contributed by atoms with E-state index in [9.17, 15) is 5.11 Å². The van der Waals surface area contributed by atoms with Gasteiger partial charge in [0, 0.05) is 32.1 Å². The number of fused-ring (bicyclic) bond motifs is 1. The fraction of sp³-hybridized carbons (Fsp3) is 0.625. The van der Waals surface area contributed by atoms with Crippen LogP contribution in [-0.2, 0) is 0 Å². The van der Waals surface area contributed by atoms with Gasteiger partial charge in [0.2, 0.25) is 0 Å². The maximum absolute atomic E-state index is 9.77. The van der Waals surface area contributed by atoms with E-state index in [4.69, 9.17) is 0 Å². The molecule has 1 aromatic carbocycles. The summed E-state index contributed by atoms with van der Waals surface area (Å²) in [5.41, 5.74) is 2.63. The van der Waals surface area contributed by atoms with E-state index in [-0.39, 0.29) is 12.0 Å². The van der Waals surface area contributed by atoms with Gasteiger partial charge >= 0.3 is 0 Å². The molecule has 0 radical (unpaired) electrons. The molecule has 0 aromatic heterocycles. The third-order valence-electron chi connectivity index (χ3n) is 4.70. The van der Waals surface area contributed by atoms with Gasteiger partial charge in [-0.25, -0.2) is 0 Å². The Labute approximate surface area is 116 Å². The molecule has 0 amide bonds. The molecule has 0 unspecified atom stereocenters. The van der Waals surface area contributed by atoms with Gasteiger partial charge in [-0.2, -0.15) is 0 Å². The van der Waals surface area contributed by atoms with Crippen LogP contribution in [0.15, 0.2) is 24.3 Å². The summed E-state index contributed by atoms with van der Waals surface area (Å²) in [5, 5.41) is 9.77. The van der Waals surface area contributed by atoms with Crippen molar-refractivity contribution in [3.05, 3.63) is 24.3 Å². The predicted octanol–water partition coefficient (Wildman–Crippen LogP) is 2.74. The van der Waals surface area contributed by atoms with Crippen LogP contribution >= 0.6 is 0 Å². The quantitative estimate of drug-likeness (QED) is 0.884. The van der Waals surface area contributed by atoms with Gasteiger partial charge in [0.1, 0.15) is 0 Å². The smallest absolute Gasteiger partial charge is 0.0604 e. The van der Waals surface area contributed by atoms with Crippen molar-refractivity contribution in [1.82, 2.24) is 0 Å². The highest BCUT2D eigenvalue weighted by molar-refractivity contribution is 5.73. The van der Waals surface area contributed by atoms with Gasteiger partial charge in [-0.05, 0) is 25.0 Å². The fourth-order valence-corrected chi connectivity index (χ4v) is 2.88. The summed E-state index contributed by atoms with van der Waals surface area (Å²) in [5.74, 6) is 0. The Kier molecular flexibility index (Phi) is 4.35. The molecule has 3 nitrogen and oxygen atoms in total. The lowest BCUT2D eigenvalue weighted by Gasteiger charge is -2.42. The van der Waals surface area contributed by atoms with Crippen molar-refractivity contribution in [2.24, 2.45) is 5.41 Å². The Morgan fingerprint density at radius 3 is 2.32 bits per heavy atom. The molecule has 1 aliphatic rings. The van der Waals surface area contributed by atoms with E-state index in [1.807, 2.05) is 0 Å². The van der Waals surface area contributed by atoms with Gasteiger partial charge < -0.3 is 14.9 Å². The Bertz CT molecular complexity index is 407. The zero-order valence-electron chi connectivity index (χ0n) is 12.4. The van der Waals surface area contributed by atoms with Crippen molar-refractivity contribution in [3.8, 4) is 0 Å². The standard InChI is InChI=1S/C16H26N2O/c1-4-16(5-2,13-19)12-18-11-10-17(3)14-8-6-7-9-15(14)18/h6-9,19H,4-5,10-13H2,1-3H3. The summed E-state index contributed by atoms with van der Waals surface area (Å²) < 4.78 is 0. The molecule has 1 aromatic rings. The molecule has 0 fully saturated rings. The predicted molar refractivity (Wildman–Crippen MR) is 82.0 cm³/mol. The molecule has 1 aliphatic heterocycles. The zero-order valence-corrected chi connectivity index (χ0v) is 12.4. The SMILES string of the molecule is CCC(CC)(CO)CN1CCN(C)c2ccccc21. The average Bonchev–Trinajstić information content (AvgIpc) is 2.48. The number of hydrogen-bond donors (Lipinski definition) is 1. The second-order valence-electron chi connectivity index (χ2n) is 5.70. The number of aliphatic hydroxyl groups is 1. The molecule has 1 N–H and O–H groups in total. The lowest BCUT2D eigenvalue weighted by Crippen LogP contribution is -2.46. The van der Waals surface area contributed by atoms with Crippen molar-refractivity contribution in [2.45, 2.75) is 26.7 Å². The monoisotopic (exact) mass is 262 g/mol. The molecule has 0 saturated heterocycles. The zero-order chi connectivity index (χ0) is 13.9. The van der Waals surface area contributed by atoms with E-state index >= 15 is 0 Å². The number of benzene rings is 1. The molecule has 2 rings (SSSR count). The third kappa shape index (κ3) is 2.71. The van der Waals surface area contributed by atoms with E-state index in [1.54, 1.807) is 0 Å². The number of likely N-dealkylation sites (N-methyl/N-ethyl adjacent to an activating group) is 1. The van der Waals surface area contributed by atoms with Crippen LogP contribution in [0, 0.1) is 5.41 Å². The summed E-state index contributed by atoms with van der Waals surface area (Å²) in [7, 11) is 2.15. The molecule has 0 atom stereocenters. The first kappa shape index (κ1) is 14.2. The number of nitrogens with zero attached hydrogens (tertiary/aromatic N) is 2. The molecular formula is C16H26N2O. The van der Waals surface area contributed by atoms with Crippen LogP contribution in [0.3, 0.4) is 0 Å². The third-order valence-corrected chi connectivity index (χ3v) is 4.70. The maximum Gasteiger partial charge on any atom is 0.0604 e. The average molecular weight is 262 g/mol. The van der Waals surface area contributed by atoms with E-state index in [2.05, 4.69) is 55.0 Å². The second-order valence-corrected chi connectivity index (χ2v) is 5.70. The number of aliphatic hydroxyl groups excluding tert-OH is 1. The van der Waals surface area contributed by atoms with Crippen LogP contribution in [-0.4, -0.2) is 38.4 Å². The van der Waals surface area contributed by atoms with Crippen molar-refractivity contribution in [2.75, 3.05) is 43.1 Å². The Morgan fingerprint density at radius 2 is 1.74 bits per heavy atom. The van der Waals surface area contributed by atoms with E-state index in [1.165, 1.54) is 11.4 Å². The molecule has 19 heavy (non-hydrogen) atoms. The first-order valence-corrected chi connectivity index (χ1v) is 7.32. The molecule has 0 bridgehead atoms. The number of anilines is 2. The summed E-state index contributed by atoms with van der Waals surface area (Å²) in [6.07, 6.45) is 2.04. The van der Waals surface area contributed by atoms with Crippen LogP contribution in [0.25, 0.3) is 0 Å². The molecule has 1 heterocycles. The lowest BCUT2D eigenvalue weighted by molar-refractivity contribution is 0.120. The summed E-state index contributed by atoms with van der Waals surface area (Å²) in [6.45, 7) is 7.67. The van der Waals surface area contributed by atoms with Gasteiger partial charge in [0.15, 0.2) is 0 Å². The summed E-state index contributed by atoms with van der Waals surface area (Å²) >= 11 is 0. The Morgan fingerprint density at radius 1 is 1.11 bits per heavy atom. The van der Waals surface area contributed by atoms with Crippen LogP contribution in [0.1, 0.15) is 26.7 Å². The first-order chi connectivity index (χ1) is 9.15. The van der Waals surface area contributed by atoms with E-state index in [0.717, 1.165) is 32.5 Å². The minimum Gasteiger partial charge on any atom is -0.396 e. The van der Waals surface area contributed by atoms with Gasteiger partial charge in [0.05, 0.1) is 18.0 Å². The van der Waals surface area contributed by atoms with Crippen LogP contribution in [0.2, 0.25) is 0 Å². The van der Waals surface area contributed by atoms with Gasteiger partial charge in [-0.3, -0.25) is 0 Å². The second kappa shape index (κ2) is 5.83. The largest absolute Gasteiger partial charge is 0.396 e. The van der Waals surface area contributed by atoms with Crippen molar-refractivity contribution in [3.63, 3.8) is 0 Å². The van der Waals surface area contributed by atoms with Crippen molar-refractivity contribution in [1.29, 1.82) is 0 Å². The van der Waals surface area contributed by atoms with Gasteiger partial charge in [-0.1, -0.05) is 26.0 Å². The minimum absolute atomic E-state index is 0.0308. The molecular weight excluding hydrogens is 236 g/mol.